The number of nitro benzene ring substituents is 1. The first kappa shape index (κ1) is 19.9. The van der Waals surface area contributed by atoms with Gasteiger partial charge >= 0.3 is 0 Å². The molecule has 0 atom stereocenters. The van der Waals surface area contributed by atoms with Crippen molar-refractivity contribution in [2.24, 2.45) is 5.10 Å². The van der Waals surface area contributed by atoms with Gasteiger partial charge in [0.2, 0.25) is 0 Å². The van der Waals surface area contributed by atoms with Crippen LogP contribution in [0.2, 0.25) is 0 Å². The minimum absolute atomic E-state index is 0.0670. The van der Waals surface area contributed by atoms with E-state index in [0.717, 1.165) is 0 Å². The monoisotopic (exact) mass is 393 g/mol. The van der Waals surface area contributed by atoms with Crippen molar-refractivity contribution in [2.45, 2.75) is 26.8 Å². The number of nitrogens with zero attached hydrogens (tertiary/aromatic N) is 4. The van der Waals surface area contributed by atoms with Crippen LogP contribution in [-0.4, -0.2) is 26.3 Å². The van der Waals surface area contributed by atoms with Crippen molar-refractivity contribution < 1.29 is 9.72 Å². The van der Waals surface area contributed by atoms with Gasteiger partial charge in [0.15, 0.2) is 5.69 Å². The minimum atomic E-state index is -0.573. The smallest absolute Gasteiger partial charge is 0.267 e. The Balaban J connectivity index is 1.95. The van der Waals surface area contributed by atoms with Gasteiger partial charge in [-0.1, -0.05) is 37.3 Å². The molecule has 9 heteroatoms. The summed E-state index contributed by atoms with van der Waals surface area (Å²) in [5, 5.41) is 20.0. The van der Waals surface area contributed by atoms with Crippen LogP contribution < -0.4 is 11.0 Å². The summed E-state index contributed by atoms with van der Waals surface area (Å²) in [6.45, 7) is 3.93. The van der Waals surface area contributed by atoms with E-state index in [2.05, 4.69) is 15.6 Å². The summed E-state index contributed by atoms with van der Waals surface area (Å²) in [5.74, 6) is -0.573. The van der Waals surface area contributed by atoms with Crippen molar-refractivity contribution in [2.75, 3.05) is 0 Å². The van der Waals surface area contributed by atoms with Gasteiger partial charge in [-0.2, -0.15) is 10.2 Å². The van der Waals surface area contributed by atoms with Gasteiger partial charge in [-0.15, -0.1) is 0 Å². The SMILES string of the molecule is CCCn1nc(C(=O)N/N=C(/C)c2cccc([N+](=O)[O-])c2)c2ccccc2c1=O. The number of rotatable bonds is 6. The van der Waals surface area contributed by atoms with E-state index in [-0.39, 0.29) is 16.9 Å². The maximum absolute atomic E-state index is 12.7. The highest BCUT2D eigenvalue weighted by Crippen LogP contribution is 2.15. The molecule has 0 spiro atoms. The van der Waals surface area contributed by atoms with Gasteiger partial charge in [-0.25, -0.2) is 10.1 Å². The molecule has 0 radical (unpaired) electrons. The van der Waals surface area contributed by atoms with Crippen LogP contribution in [0.15, 0.2) is 58.4 Å². The molecule has 0 aliphatic carbocycles. The fourth-order valence-electron chi connectivity index (χ4n) is 2.86. The quantitative estimate of drug-likeness (QED) is 0.392. The van der Waals surface area contributed by atoms with Crippen LogP contribution in [-0.2, 0) is 6.54 Å². The topological polar surface area (TPSA) is 119 Å². The normalized spacial score (nSPS) is 11.4. The molecule has 1 heterocycles. The van der Waals surface area contributed by atoms with Crippen molar-refractivity contribution in [3.05, 3.63) is 80.3 Å². The average molecular weight is 393 g/mol. The Kier molecular flexibility index (Phi) is 5.77. The predicted octanol–water partition coefficient (Wildman–Crippen LogP) is 2.87. The number of hydrogen-bond acceptors (Lipinski definition) is 6. The van der Waals surface area contributed by atoms with E-state index >= 15 is 0 Å². The molecule has 0 aliphatic heterocycles. The Morgan fingerprint density at radius 1 is 1.21 bits per heavy atom. The molecule has 1 N–H and O–H groups in total. The highest BCUT2D eigenvalue weighted by Gasteiger charge is 2.16. The number of hydrogen-bond donors (Lipinski definition) is 1. The summed E-state index contributed by atoms with van der Waals surface area (Å²) in [7, 11) is 0. The summed E-state index contributed by atoms with van der Waals surface area (Å²) in [4.78, 5) is 35.7. The number of carbonyl (C=O) groups excluding carboxylic acids is 1. The van der Waals surface area contributed by atoms with Crippen LogP contribution in [0.25, 0.3) is 10.8 Å². The standard InChI is InChI=1S/C20H19N5O4/c1-3-11-24-20(27)17-10-5-4-9-16(17)18(23-24)19(26)22-21-13(2)14-7-6-8-15(12-14)25(28)29/h4-10,12H,3,11H2,1-2H3,(H,22,26)/b21-13-. The zero-order valence-electron chi connectivity index (χ0n) is 16.0. The number of non-ortho nitro benzene ring substituents is 1. The lowest BCUT2D eigenvalue weighted by atomic mass is 10.1. The first-order valence-corrected chi connectivity index (χ1v) is 9.01. The van der Waals surface area contributed by atoms with Crippen LogP contribution in [0.1, 0.15) is 36.3 Å². The molecule has 0 bridgehead atoms. The van der Waals surface area contributed by atoms with Crippen LogP contribution >= 0.6 is 0 Å². The Morgan fingerprint density at radius 3 is 2.62 bits per heavy atom. The molecule has 0 fully saturated rings. The van der Waals surface area contributed by atoms with E-state index in [4.69, 9.17) is 0 Å². The van der Waals surface area contributed by atoms with Crippen LogP contribution in [0.3, 0.4) is 0 Å². The van der Waals surface area contributed by atoms with Gasteiger partial charge < -0.3 is 0 Å². The number of nitrogens with one attached hydrogen (secondary N) is 1. The summed E-state index contributed by atoms with van der Waals surface area (Å²) >= 11 is 0. The second-order valence-corrected chi connectivity index (χ2v) is 6.37. The van der Waals surface area contributed by atoms with E-state index in [0.29, 0.717) is 35.0 Å². The lowest BCUT2D eigenvalue weighted by Crippen LogP contribution is -2.29. The Labute approximate surface area is 165 Å². The number of aromatic nitrogens is 2. The fourth-order valence-corrected chi connectivity index (χ4v) is 2.86. The third-order valence-corrected chi connectivity index (χ3v) is 4.32. The van der Waals surface area contributed by atoms with Crippen LogP contribution in [0, 0.1) is 10.1 Å². The molecule has 0 unspecified atom stereocenters. The number of benzene rings is 2. The van der Waals surface area contributed by atoms with Gasteiger partial charge in [-0.3, -0.25) is 19.7 Å². The highest BCUT2D eigenvalue weighted by atomic mass is 16.6. The van der Waals surface area contributed by atoms with E-state index in [1.807, 2.05) is 6.92 Å². The summed E-state index contributed by atoms with van der Waals surface area (Å²) in [6.07, 6.45) is 0.691. The molecule has 0 saturated heterocycles. The van der Waals surface area contributed by atoms with Crippen molar-refractivity contribution in [1.82, 2.24) is 15.2 Å². The molecule has 3 rings (SSSR count). The fraction of sp³-hybridized carbons (Fsp3) is 0.200. The molecule has 2 aromatic carbocycles. The molecular formula is C20H19N5O4. The Bertz CT molecular complexity index is 1180. The zero-order valence-corrected chi connectivity index (χ0v) is 16.0. The van der Waals surface area contributed by atoms with Gasteiger partial charge in [-0.05, 0) is 19.4 Å². The minimum Gasteiger partial charge on any atom is -0.267 e. The van der Waals surface area contributed by atoms with Crippen LogP contribution in [0.5, 0.6) is 0 Å². The van der Waals surface area contributed by atoms with Crippen molar-refractivity contribution >= 4 is 28.1 Å². The largest absolute Gasteiger partial charge is 0.292 e. The molecule has 0 saturated carbocycles. The summed E-state index contributed by atoms with van der Waals surface area (Å²) < 4.78 is 1.27. The van der Waals surface area contributed by atoms with Gasteiger partial charge in [0, 0.05) is 29.6 Å². The first-order valence-electron chi connectivity index (χ1n) is 9.01. The predicted molar refractivity (Wildman–Crippen MR) is 109 cm³/mol. The second-order valence-electron chi connectivity index (χ2n) is 6.37. The lowest BCUT2D eigenvalue weighted by molar-refractivity contribution is -0.384. The van der Waals surface area contributed by atoms with Crippen molar-refractivity contribution in [3.63, 3.8) is 0 Å². The molecule has 0 aliphatic rings. The average Bonchev–Trinajstić information content (AvgIpc) is 2.74. The summed E-state index contributed by atoms with van der Waals surface area (Å²) in [6, 6.07) is 12.7. The summed E-state index contributed by atoms with van der Waals surface area (Å²) in [5.41, 5.74) is 3.10. The lowest BCUT2D eigenvalue weighted by Gasteiger charge is -2.09. The Morgan fingerprint density at radius 2 is 1.93 bits per heavy atom. The molecule has 9 nitrogen and oxygen atoms in total. The third-order valence-electron chi connectivity index (χ3n) is 4.32. The molecule has 1 amide bonds. The second kappa shape index (κ2) is 8.42. The van der Waals surface area contributed by atoms with E-state index in [1.165, 1.54) is 16.8 Å². The van der Waals surface area contributed by atoms with Crippen molar-refractivity contribution in [3.8, 4) is 0 Å². The molecule has 3 aromatic rings. The first-order chi connectivity index (χ1) is 13.9. The number of carbonyl (C=O) groups is 1. The maximum Gasteiger partial charge on any atom is 0.292 e. The number of amides is 1. The number of aryl methyl sites for hydroxylation is 1. The van der Waals surface area contributed by atoms with Crippen molar-refractivity contribution in [1.29, 1.82) is 0 Å². The van der Waals surface area contributed by atoms with Gasteiger partial charge in [0.05, 0.1) is 16.0 Å². The number of fused-ring (bicyclic) bond motifs is 1. The molecule has 148 valence electrons. The maximum atomic E-state index is 12.7. The molecule has 1 aromatic heterocycles. The van der Waals surface area contributed by atoms with Gasteiger partial charge in [0.1, 0.15) is 0 Å². The van der Waals surface area contributed by atoms with E-state index in [9.17, 15) is 19.7 Å². The number of nitro groups is 1. The Hall–Kier alpha value is -3.88. The number of hydrazone groups is 1. The molecular weight excluding hydrogens is 374 g/mol. The zero-order chi connectivity index (χ0) is 21.0. The molecule has 29 heavy (non-hydrogen) atoms. The highest BCUT2D eigenvalue weighted by molar-refractivity contribution is 6.06. The van der Waals surface area contributed by atoms with Gasteiger partial charge in [0.25, 0.3) is 17.2 Å². The third kappa shape index (κ3) is 4.18. The van der Waals surface area contributed by atoms with Crippen LogP contribution in [0.4, 0.5) is 5.69 Å². The van der Waals surface area contributed by atoms with E-state index in [1.54, 1.807) is 43.3 Å². The van der Waals surface area contributed by atoms with E-state index < -0.39 is 10.8 Å².